The van der Waals surface area contributed by atoms with Crippen molar-refractivity contribution in [3.8, 4) is 0 Å². The van der Waals surface area contributed by atoms with Crippen molar-refractivity contribution in [2.24, 2.45) is 0 Å². The Morgan fingerprint density at radius 3 is 2.50 bits per heavy atom. The van der Waals surface area contributed by atoms with Gasteiger partial charge in [-0.3, -0.25) is 9.59 Å². The van der Waals surface area contributed by atoms with E-state index in [0.29, 0.717) is 37.6 Å². The van der Waals surface area contributed by atoms with Crippen molar-refractivity contribution in [3.05, 3.63) is 71.3 Å². The molecule has 0 aliphatic carbocycles. The summed E-state index contributed by atoms with van der Waals surface area (Å²) in [5.74, 6) is -0.218. The third-order valence-corrected chi connectivity index (χ3v) is 4.17. The maximum absolute atomic E-state index is 12.4. The molecule has 5 heteroatoms. The number of nitrogens with zero attached hydrogens (tertiary/aromatic N) is 1. The van der Waals surface area contributed by atoms with Gasteiger partial charge < -0.3 is 15.0 Å². The van der Waals surface area contributed by atoms with E-state index in [2.05, 4.69) is 5.32 Å². The van der Waals surface area contributed by atoms with Gasteiger partial charge in [0.15, 0.2) is 0 Å². The van der Waals surface area contributed by atoms with Crippen LogP contribution in [-0.4, -0.2) is 43.0 Å². The van der Waals surface area contributed by atoms with Gasteiger partial charge in [0.05, 0.1) is 13.2 Å². The molecule has 26 heavy (non-hydrogen) atoms. The van der Waals surface area contributed by atoms with Crippen molar-refractivity contribution in [2.45, 2.75) is 6.92 Å². The molecule has 134 valence electrons. The number of amides is 2. The number of ether oxygens (including phenoxy) is 1. The summed E-state index contributed by atoms with van der Waals surface area (Å²) >= 11 is 0. The summed E-state index contributed by atoms with van der Waals surface area (Å²) in [6, 6.07) is 14.9. The molecule has 2 amide bonds. The normalized spacial score (nSPS) is 14.4. The van der Waals surface area contributed by atoms with Gasteiger partial charge in [-0.15, -0.1) is 0 Å². The van der Waals surface area contributed by atoms with E-state index < -0.39 is 0 Å². The second-order valence-electron chi connectivity index (χ2n) is 6.22. The highest BCUT2D eigenvalue weighted by Crippen LogP contribution is 2.13. The molecular weight excluding hydrogens is 328 g/mol. The van der Waals surface area contributed by atoms with Gasteiger partial charge in [0.25, 0.3) is 5.91 Å². The molecule has 2 aromatic rings. The quantitative estimate of drug-likeness (QED) is 0.862. The Morgan fingerprint density at radius 2 is 1.81 bits per heavy atom. The number of benzene rings is 2. The van der Waals surface area contributed by atoms with E-state index in [1.807, 2.05) is 31.2 Å². The predicted molar refractivity (Wildman–Crippen MR) is 102 cm³/mol. The zero-order chi connectivity index (χ0) is 18.4. The SMILES string of the molecule is Cc1cccc(/C=C/C(=O)Nc2ccc(C(=O)N3CCOCC3)cc2)c1. The topological polar surface area (TPSA) is 58.6 Å². The zero-order valence-electron chi connectivity index (χ0n) is 14.8. The van der Waals surface area contributed by atoms with Crippen molar-refractivity contribution in [2.75, 3.05) is 31.6 Å². The summed E-state index contributed by atoms with van der Waals surface area (Å²) in [5, 5.41) is 2.80. The van der Waals surface area contributed by atoms with Gasteiger partial charge in [0.2, 0.25) is 5.91 Å². The van der Waals surface area contributed by atoms with Gasteiger partial charge >= 0.3 is 0 Å². The van der Waals surface area contributed by atoms with Gasteiger partial charge in [-0.25, -0.2) is 0 Å². The van der Waals surface area contributed by atoms with Gasteiger partial charge in [0, 0.05) is 30.4 Å². The van der Waals surface area contributed by atoms with E-state index >= 15 is 0 Å². The Labute approximate surface area is 153 Å². The molecule has 1 N–H and O–H groups in total. The average molecular weight is 350 g/mol. The molecule has 3 rings (SSSR count). The number of hydrogen-bond acceptors (Lipinski definition) is 3. The molecule has 0 radical (unpaired) electrons. The smallest absolute Gasteiger partial charge is 0.254 e. The lowest BCUT2D eigenvalue weighted by molar-refractivity contribution is -0.111. The average Bonchev–Trinajstić information content (AvgIpc) is 2.67. The molecule has 0 spiro atoms. The van der Waals surface area contributed by atoms with Crippen molar-refractivity contribution in [1.29, 1.82) is 0 Å². The summed E-state index contributed by atoms with van der Waals surface area (Å²) in [7, 11) is 0. The molecule has 1 aliphatic rings. The van der Waals surface area contributed by atoms with Crippen molar-refractivity contribution >= 4 is 23.6 Å². The van der Waals surface area contributed by atoms with Crippen LogP contribution < -0.4 is 5.32 Å². The van der Waals surface area contributed by atoms with Gasteiger partial charge in [-0.1, -0.05) is 29.8 Å². The van der Waals surface area contributed by atoms with Crippen molar-refractivity contribution in [1.82, 2.24) is 4.90 Å². The number of hydrogen-bond donors (Lipinski definition) is 1. The van der Waals surface area contributed by atoms with Crippen LogP contribution >= 0.6 is 0 Å². The first-order chi connectivity index (χ1) is 12.6. The molecule has 2 aromatic carbocycles. The molecule has 1 aliphatic heterocycles. The number of nitrogens with one attached hydrogen (secondary N) is 1. The van der Waals surface area contributed by atoms with Crippen LogP contribution in [0.4, 0.5) is 5.69 Å². The largest absolute Gasteiger partial charge is 0.378 e. The lowest BCUT2D eigenvalue weighted by atomic mass is 10.1. The summed E-state index contributed by atoms with van der Waals surface area (Å²) < 4.78 is 5.26. The second-order valence-corrected chi connectivity index (χ2v) is 6.22. The number of aryl methyl sites for hydroxylation is 1. The summed E-state index contributed by atoms with van der Waals surface area (Å²) in [6.45, 7) is 4.39. The molecule has 0 bridgehead atoms. The summed E-state index contributed by atoms with van der Waals surface area (Å²) in [5.41, 5.74) is 3.39. The van der Waals surface area contributed by atoms with Crippen molar-refractivity contribution in [3.63, 3.8) is 0 Å². The van der Waals surface area contributed by atoms with Gasteiger partial charge in [0.1, 0.15) is 0 Å². The highest BCUT2D eigenvalue weighted by molar-refractivity contribution is 6.02. The third-order valence-electron chi connectivity index (χ3n) is 4.17. The first kappa shape index (κ1) is 17.9. The fourth-order valence-electron chi connectivity index (χ4n) is 2.77. The van der Waals surface area contributed by atoms with Gasteiger partial charge in [-0.2, -0.15) is 0 Å². The monoisotopic (exact) mass is 350 g/mol. The van der Waals surface area contributed by atoms with Crippen LogP contribution in [0.5, 0.6) is 0 Å². The maximum Gasteiger partial charge on any atom is 0.254 e. The Bertz CT molecular complexity index is 806. The fraction of sp³-hybridized carbons (Fsp3) is 0.238. The Hall–Kier alpha value is -2.92. The van der Waals surface area contributed by atoms with Crippen LogP contribution in [0.15, 0.2) is 54.6 Å². The van der Waals surface area contributed by atoms with Crippen LogP contribution in [0.3, 0.4) is 0 Å². The lowest BCUT2D eigenvalue weighted by Crippen LogP contribution is -2.40. The van der Waals surface area contributed by atoms with E-state index in [4.69, 9.17) is 4.74 Å². The van der Waals surface area contributed by atoms with Crippen LogP contribution in [0.2, 0.25) is 0 Å². The minimum Gasteiger partial charge on any atom is -0.378 e. The molecule has 1 saturated heterocycles. The maximum atomic E-state index is 12.4. The molecule has 0 unspecified atom stereocenters. The number of rotatable bonds is 4. The molecule has 1 fully saturated rings. The van der Waals surface area contributed by atoms with Crippen LogP contribution in [0.1, 0.15) is 21.5 Å². The van der Waals surface area contributed by atoms with E-state index in [0.717, 1.165) is 11.1 Å². The van der Waals surface area contributed by atoms with Crippen LogP contribution in [0, 0.1) is 6.92 Å². The number of morpholine rings is 1. The van der Waals surface area contributed by atoms with E-state index in [9.17, 15) is 9.59 Å². The number of anilines is 1. The number of carbonyl (C=O) groups is 2. The molecular formula is C21H22N2O3. The van der Waals surface area contributed by atoms with Crippen LogP contribution in [-0.2, 0) is 9.53 Å². The first-order valence-electron chi connectivity index (χ1n) is 8.65. The van der Waals surface area contributed by atoms with E-state index in [1.165, 1.54) is 6.08 Å². The van der Waals surface area contributed by atoms with Crippen LogP contribution in [0.25, 0.3) is 6.08 Å². The molecule has 1 heterocycles. The molecule has 0 aromatic heterocycles. The van der Waals surface area contributed by atoms with Gasteiger partial charge in [-0.05, 0) is 42.8 Å². The second kappa shape index (κ2) is 8.45. The summed E-state index contributed by atoms with van der Waals surface area (Å²) in [4.78, 5) is 26.2. The number of carbonyl (C=O) groups excluding carboxylic acids is 2. The Morgan fingerprint density at radius 1 is 1.08 bits per heavy atom. The van der Waals surface area contributed by atoms with Crippen molar-refractivity contribution < 1.29 is 14.3 Å². The fourth-order valence-corrected chi connectivity index (χ4v) is 2.77. The highest BCUT2D eigenvalue weighted by atomic mass is 16.5. The molecule has 0 saturated carbocycles. The highest BCUT2D eigenvalue weighted by Gasteiger charge is 2.18. The molecule has 5 nitrogen and oxygen atoms in total. The summed E-state index contributed by atoms with van der Waals surface area (Å²) in [6.07, 6.45) is 3.28. The first-order valence-corrected chi connectivity index (χ1v) is 8.65. The van der Waals surface area contributed by atoms with E-state index in [-0.39, 0.29) is 11.8 Å². The van der Waals surface area contributed by atoms with E-state index in [1.54, 1.807) is 35.2 Å². The lowest BCUT2D eigenvalue weighted by Gasteiger charge is -2.26. The minimum absolute atomic E-state index is 0.00878. The molecule has 0 atom stereocenters. The minimum atomic E-state index is -0.209. The third kappa shape index (κ3) is 4.80. The Kier molecular flexibility index (Phi) is 5.81. The standard InChI is InChI=1S/C21H22N2O3/c1-16-3-2-4-17(15-16)5-10-20(24)22-19-8-6-18(7-9-19)21(25)23-11-13-26-14-12-23/h2-10,15H,11-14H2,1H3,(H,22,24)/b10-5+. The predicted octanol–water partition coefficient (Wildman–Crippen LogP) is 3.12. The zero-order valence-corrected chi connectivity index (χ0v) is 14.8. The Balaban J connectivity index is 1.58.